The summed E-state index contributed by atoms with van der Waals surface area (Å²) >= 11 is 0. The molecule has 1 amide bonds. The zero-order valence-corrected chi connectivity index (χ0v) is 13.2. The molecular formula is C16H19N3O4. The summed E-state index contributed by atoms with van der Waals surface area (Å²) in [5.41, 5.74) is 1.87. The molecular weight excluding hydrogens is 298 g/mol. The van der Waals surface area contributed by atoms with E-state index in [4.69, 9.17) is 9.84 Å². The minimum Gasteiger partial charge on any atom is -0.482 e. The van der Waals surface area contributed by atoms with Gasteiger partial charge in [-0.2, -0.15) is 5.10 Å². The Balaban J connectivity index is 2.07. The molecule has 0 bridgehead atoms. The van der Waals surface area contributed by atoms with Crippen LogP contribution in [-0.2, 0) is 11.8 Å². The molecule has 0 aliphatic carbocycles. The number of anilines is 1. The fraction of sp³-hybridized carbons (Fsp3) is 0.312. The first kappa shape index (κ1) is 16.5. The largest absolute Gasteiger partial charge is 0.482 e. The number of nitrogens with one attached hydrogen (secondary N) is 1. The molecule has 0 atom stereocenters. The summed E-state index contributed by atoms with van der Waals surface area (Å²) in [4.78, 5) is 22.8. The number of benzene rings is 1. The van der Waals surface area contributed by atoms with E-state index < -0.39 is 12.6 Å². The van der Waals surface area contributed by atoms with E-state index in [0.717, 1.165) is 5.69 Å². The Bertz CT molecular complexity index is 705. The Hall–Kier alpha value is -2.83. The zero-order chi connectivity index (χ0) is 17.0. The molecule has 122 valence electrons. The Morgan fingerprint density at radius 2 is 1.96 bits per heavy atom. The van der Waals surface area contributed by atoms with Crippen molar-refractivity contribution in [3.05, 3.63) is 41.7 Å². The Morgan fingerprint density at radius 1 is 1.30 bits per heavy atom. The second kappa shape index (κ2) is 6.95. The van der Waals surface area contributed by atoms with Crippen LogP contribution in [-0.4, -0.2) is 33.4 Å². The molecule has 23 heavy (non-hydrogen) atoms. The molecule has 2 rings (SSSR count). The topological polar surface area (TPSA) is 93.5 Å². The number of nitrogens with zero attached hydrogens (tertiary/aromatic N) is 2. The van der Waals surface area contributed by atoms with Gasteiger partial charge in [-0.3, -0.25) is 9.48 Å². The number of amides is 1. The molecule has 0 fully saturated rings. The van der Waals surface area contributed by atoms with Crippen molar-refractivity contribution in [3.63, 3.8) is 0 Å². The van der Waals surface area contributed by atoms with Crippen LogP contribution in [0.15, 0.2) is 30.5 Å². The number of aromatic nitrogens is 2. The van der Waals surface area contributed by atoms with Crippen molar-refractivity contribution in [1.29, 1.82) is 0 Å². The molecule has 0 saturated carbocycles. The van der Waals surface area contributed by atoms with Gasteiger partial charge in [-0.05, 0) is 30.2 Å². The van der Waals surface area contributed by atoms with Crippen LogP contribution in [0.1, 0.15) is 35.8 Å². The zero-order valence-electron chi connectivity index (χ0n) is 13.2. The summed E-state index contributed by atoms with van der Waals surface area (Å²) in [6, 6.07) is 6.51. The van der Waals surface area contributed by atoms with Crippen LogP contribution in [0.4, 0.5) is 5.69 Å². The molecule has 1 heterocycles. The Kier molecular flexibility index (Phi) is 5.00. The van der Waals surface area contributed by atoms with E-state index in [2.05, 4.69) is 10.4 Å². The summed E-state index contributed by atoms with van der Waals surface area (Å²) in [5, 5.41) is 15.7. The Morgan fingerprint density at radius 3 is 2.52 bits per heavy atom. The van der Waals surface area contributed by atoms with Crippen molar-refractivity contribution in [3.8, 4) is 5.75 Å². The van der Waals surface area contributed by atoms with Gasteiger partial charge in [-0.15, -0.1) is 0 Å². The molecule has 0 spiro atoms. The number of aliphatic carboxylic acids is 1. The van der Waals surface area contributed by atoms with E-state index in [1.807, 2.05) is 13.8 Å². The predicted molar refractivity (Wildman–Crippen MR) is 84.8 cm³/mol. The van der Waals surface area contributed by atoms with Crippen LogP contribution in [0.2, 0.25) is 0 Å². The number of rotatable bonds is 6. The number of hydrogen-bond acceptors (Lipinski definition) is 4. The maximum absolute atomic E-state index is 12.4. The van der Waals surface area contributed by atoms with Gasteiger partial charge in [0, 0.05) is 18.9 Å². The van der Waals surface area contributed by atoms with Gasteiger partial charge in [0.2, 0.25) is 0 Å². The number of carboxylic acid groups (broad SMARTS) is 1. The maximum Gasteiger partial charge on any atom is 0.341 e. The summed E-state index contributed by atoms with van der Waals surface area (Å²) in [7, 11) is 1.78. The van der Waals surface area contributed by atoms with Crippen molar-refractivity contribution >= 4 is 17.6 Å². The monoisotopic (exact) mass is 317 g/mol. The number of carboxylic acids is 1. The van der Waals surface area contributed by atoms with Crippen LogP contribution in [0.25, 0.3) is 0 Å². The first-order valence-electron chi connectivity index (χ1n) is 7.16. The third-order valence-electron chi connectivity index (χ3n) is 3.12. The summed E-state index contributed by atoms with van der Waals surface area (Å²) < 4.78 is 6.66. The van der Waals surface area contributed by atoms with E-state index >= 15 is 0 Å². The number of hydrogen-bond donors (Lipinski definition) is 2. The van der Waals surface area contributed by atoms with E-state index in [1.165, 1.54) is 0 Å². The molecule has 1 aromatic heterocycles. The lowest BCUT2D eigenvalue weighted by Crippen LogP contribution is -2.14. The summed E-state index contributed by atoms with van der Waals surface area (Å²) in [6.45, 7) is 3.56. The van der Waals surface area contributed by atoms with E-state index in [1.54, 1.807) is 42.2 Å². The normalized spacial score (nSPS) is 10.6. The van der Waals surface area contributed by atoms with Gasteiger partial charge in [0.15, 0.2) is 6.61 Å². The fourth-order valence-corrected chi connectivity index (χ4v) is 2.09. The van der Waals surface area contributed by atoms with E-state index in [9.17, 15) is 9.59 Å². The summed E-state index contributed by atoms with van der Waals surface area (Å²) in [5.74, 6) is -0.709. The van der Waals surface area contributed by atoms with Crippen LogP contribution in [0, 0.1) is 0 Å². The Labute approximate surface area is 133 Å². The predicted octanol–water partition coefficient (Wildman–Crippen LogP) is 2.26. The fourth-order valence-electron chi connectivity index (χ4n) is 2.09. The lowest BCUT2D eigenvalue weighted by molar-refractivity contribution is -0.139. The van der Waals surface area contributed by atoms with Gasteiger partial charge < -0.3 is 15.2 Å². The van der Waals surface area contributed by atoms with Crippen LogP contribution in [0.3, 0.4) is 0 Å². The molecule has 7 nitrogen and oxygen atoms in total. The number of aryl methyl sites for hydroxylation is 1. The van der Waals surface area contributed by atoms with Gasteiger partial charge in [-0.25, -0.2) is 4.79 Å². The molecule has 2 N–H and O–H groups in total. The highest BCUT2D eigenvalue weighted by molar-refractivity contribution is 6.05. The van der Waals surface area contributed by atoms with Gasteiger partial charge in [-0.1, -0.05) is 13.8 Å². The van der Waals surface area contributed by atoms with Crippen molar-refractivity contribution < 1.29 is 19.4 Å². The van der Waals surface area contributed by atoms with Gasteiger partial charge >= 0.3 is 5.97 Å². The highest BCUT2D eigenvalue weighted by Crippen LogP contribution is 2.20. The molecule has 0 radical (unpaired) electrons. The molecule has 7 heteroatoms. The average Bonchev–Trinajstić information content (AvgIpc) is 2.89. The van der Waals surface area contributed by atoms with Gasteiger partial charge in [0.1, 0.15) is 5.75 Å². The van der Waals surface area contributed by atoms with Crippen molar-refractivity contribution in [1.82, 2.24) is 9.78 Å². The van der Waals surface area contributed by atoms with E-state index in [-0.39, 0.29) is 11.8 Å². The molecule has 2 aromatic rings. The molecule has 1 aromatic carbocycles. The van der Waals surface area contributed by atoms with Crippen LogP contribution < -0.4 is 10.1 Å². The second-order valence-electron chi connectivity index (χ2n) is 5.42. The minimum atomic E-state index is -1.04. The maximum atomic E-state index is 12.4. The highest BCUT2D eigenvalue weighted by Gasteiger charge is 2.18. The van der Waals surface area contributed by atoms with E-state index in [0.29, 0.717) is 17.0 Å². The van der Waals surface area contributed by atoms with Crippen molar-refractivity contribution in [2.45, 2.75) is 19.8 Å². The average molecular weight is 317 g/mol. The highest BCUT2D eigenvalue weighted by atomic mass is 16.5. The molecule has 0 unspecified atom stereocenters. The molecule has 0 aliphatic heterocycles. The molecule has 0 aliphatic rings. The van der Waals surface area contributed by atoms with Gasteiger partial charge in [0.25, 0.3) is 5.91 Å². The second-order valence-corrected chi connectivity index (χ2v) is 5.42. The lowest BCUT2D eigenvalue weighted by Gasteiger charge is -2.08. The molecule has 0 saturated heterocycles. The minimum absolute atomic E-state index is 0.142. The third kappa shape index (κ3) is 4.32. The lowest BCUT2D eigenvalue weighted by atomic mass is 10.1. The van der Waals surface area contributed by atoms with Crippen molar-refractivity contribution in [2.75, 3.05) is 11.9 Å². The van der Waals surface area contributed by atoms with Gasteiger partial charge in [0.05, 0.1) is 11.3 Å². The number of ether oxygens (including phenoxy) is 1. The quantitative estimate of drug-likeness (QED) is 0.852. The summed E-state index contributed by atoms with van der Waals surface area (Å²) in [6.07, 6.45) is 1.69. The third-order valence-corrected chi connectivity index (χ3v) is 3.12. The first-order valence-corrected chi connectivity index (χ1v) is 7.16. The first-order chi connectivity index (χ1) is 10.9. The SMILES string of the molecule is CC(C)c1nn(C)cc1C(=O)Nc1ccc(OCC(=O)O)cc1. The number of carbonyl (C=O) groups excluding carboxylic acids is 1. The van der Waals surface area contributed by atoms with Crippen LogP contribution >= 0.6 is 0 Å². The number of carbonyl (C=O) groups is 2. The smallest absolute Gasteiger partial charge is 0.341 e. The van der Waals surface area contributed by atoms with Crippen molar-refractivity contribution in [2.24, 2.45) is 7.05 Å². The standard InChI is InChI=1S/C16H19N3O4/c1-10(2)15-13(8-19(3)18-15)16(22)17-11-4-6-12(7-5-11)23-9-14(20)21/h4-8,10H,9H2,1-3H3,(H,17,22)(H,20,21). The van der Waals surface area contributed by atoms with Crippen LogP contribution in [0.5, 0.6) is 5.75 Å².